The number of anilines is 1. The second kappa shape index (κ2) is 4.98. The number of hydrogen-bond acceptors (Lipinski definition) is 3. The van der Waals surface area contributed by atoms with Crippen LogP contribution in [0, 0.1) is 0 Å². The molecule has 1 aliphatic rings. The molecule has 1 aliphatic carbocycles. The van der Waals surface area contributed by atoms with Crippen LogP contribution in [0.3, 0.4) is 0 Å². The van der Waals surface area contributed by atoms with Gasteiger partial charge in [0, 0.05) is 0 Å². The van der Waals surface area contributed by atoms with Crippen molar-refractivity contribution in [3.63, 3.8) is 0 Å². The minimum Gasteiger partial charge on any atom is -0.361 e. The van der Waals surface area contributed by atoms with Crippen molar-refractivity contribution in [1.29, 1.82) is 0 Å². The largest absolute Gasteiger partial charge is 0.361 e. The summed E-state index contributed by atoms with van der Waals surface area (Å²) in [6.45, 7) is 0. The standard InChI is InChI=1S/C13H11BrClN3O/c14-10-12(16-6-17-13(10)19)18-11-8-4-2-1-3-7(8)5-9(11)15/h1-4,6,9,11H,5H2,(H2,16,17,18,19). The molecule has 0 saturated carbocycles. The molecule has 6 heteroatoms. The Balaban J connectivity index is 1.96. The topological polar surface area (TPSA) is 57.8 Å². The van der Waals surface area contributed by atoms with Gasteiger partial charge in [0.2, 0.25) is 0 Å². The Morgan fingerprint density at radius 1 is 1.42 bits per heavy atom. The molecule has 2 atom stereocenters. The maximum Gasteiger partial charge on any atom is 0.267 e. The average Bonchev–Trinajstić information content (AvgIpc) is 2.72. The third-order valence-corrected chi connectivity index (χ3v) is 4.40. The third kappa shape index (κ3) is 2.28. The quantitative estimate of drug-likeness (QED) is 0.827. The van der Waals surface area contributed by atoms with Gasteiger partial charge in [-0.2, -0.15) is 0 Å². The van der Waals surface area contributed by atoms with Crippen molar-refractivity contribution >= 4 is 33.3 Å². The minimum atomic E-state index is -0.213. The highest BCUT2D eigenvalue weighted by molar-refractivity contribution is 9.10. The second-order valence-corrected chi connectivity index (χ2v) is 5.79. The number of fused-ring (bicyclic) bond motifs is 1. The van der Waals surface area contributed by atoms with E-state index >= 15 is 0 Å². The number of rotatable bonds is 2. The Labute approximate surface area is 123 Å². The summed E-state index contributed by atoms with van der Waals surface area (Å²) in [6.07, 6.45) is 2.19. The lowest BCUT2D eigenvalue weighted by Crippen LogP contribution is -2.20. The summed E-state index contributed by atoms with van der Waals surface area (Å²) >= 11 is 9.63. The number of nitrogens with one attached hydrogen (secondary N) is 2. The maximum atomic E-state index is 11.5. The van der Waals surface area contributed by atoms with Crippen LogP contribution in [0.1, 0.15) is 17.2 Å². The van der Waals surface area contributed by atoms with Gasteiger partial charge in [0.25, 0.3) is 5.56 Å². The first-order valence-corrected chi connectivity index (χ1v) is 7.11. The van der Waals surface area contributed by atoms with Gasteiger partial charge in [-0.25, -0.2) is 4.98 Å². The van der Waals surface area contributed by atoms with Crippen LogP contribution < -0.4 is 10.9 Å². The van der Waals surface area contributed by atoms with E-state index in [1.54, 1.807) is 0 Å². The molecule has 0 amide bonds. The molecule has 2 N–H and O–H groups in total. The van der Waals surface area contributed by atoms with E-state index < -0.39 is 0 Å². The molecule has 0 spiro atoms. The molecule has 3 rings (SSSR count). The summed E-state index contributed by atoms with van der Waals surface area (Å²) in [5, 5.41) is 3.20. The fourth-order valence-electron chi connectivity index (χ4n) is 2.35. The fourth-order valence-corrected chi connectivity index (χ4v) is 3.04. The Kier molecular flexibility index (Phi) is 3.33. The van der Waals surface area contributed by atoms with Gasteiger partial charge < -0.3 is 10.3 Å². The minimum absolute atomic E-state index is 0.0385. The lowest BCUT2D eigenvalue weighted by molar-refractivity contribution is 0.764. The van der Waals surface area contributed by atoms with E-state index in [2.05, 4.69) is 43.3 Å². The van der Waals surface area contributed by atoms with Crippen LogP contribution >= 0.6 is 27.5 Å². The van der Waals surface area contributed by atoms with Crippen molar-refractivity contribution in [3.05, 3.63) is 56.5 Å². The molecule has 2 unspecified atom stereocenters. The van der Waals surface area contributed by atoms with E-state index in [9.17, 15) is 4.79 Å². The van der Waals surface area contributed by atoms with Crippen LogP contribution in [0.15, 0.2) is 39.9 Å². The lowest BCUT2D eigenvalue weighted by atomic mass is 10.1. The zero-order chi connectivity index (χ0) is 13.4. The Morgan fingerprint density at radius 3 is 3.05 bits per heavy atom. The first kappa shape index (κ1) is 12.7. The van der Waals surface area contributed by atoms with Crippen LogP contribution in [-0.2, 0) is 6.42 Å². The van der Waals surface area contributed by atoms with Crippen molar-refractivity contribution in [3.8, 4) is 0 Å². The van der Waals surface area contributed by atoms with Crippen molar-refractivity contribution in [2.24, 2.45) is 0 Å². The SMILES string of the molecule is O=c1[nH]cnc(NC2c3ccccc3CC2Cl)c1Br. The van der Waals surface area contributed by atoms with Gasteiger partial charge in [0.05, 0.1) is 17.7 Å². The van der Waals surface area contributed by atoms with Gasteiger partial charge in [-0.3, -0.25) is 4.79 Å². The normalized spacial score (nSPS) is 21.2. The summed E-state index contributed by atoms with van der Waals surface area (Å²) in [4.78, 5) is 18.2. The summed E-state index contributed by atoms with van der Waals surface area (Å²) < 4.78 is 0.392. The first-order chi connectivity index (χ1) is 9.16. The molecule has 0 bridgehead atoms. The van der Waals surface area contributed by atoms with Gasteiger partial charge in [-0.1, -0.05) is 24.3 Å². The summed E-state index contributed by atoms with van der Waals surface area (Å²) in [6, 6.07) is 8.08. The van der Waals surface area contributed by atoms with Gasteiger partial charge in [0.1, 0.15) is 10.3 Å². The van der Waals surface area contributed by atoms with Gasteiger partial charge in [-0.05, 0) is 33.5 Å². The van der Waals surface area contributed by atoms with Crippen molar-refractivity contribution in [1.82, 2.24) is 9.97 Å². The summed E-state index contributed by atoms with van der Waals surface area (Å²) in [5.74, 6) is 0.510. The van der Waals surface area contributed by atoms with Crippen LogP contribution in [0.2, 0.25) is 0 Å². The molecule has 4 nitrogen and oxygen atoms in total. The molecular formula is C13H11BrClN3O. The molecule has 0 aliphatic heterocycles. The number of nitrogens with zero attached hydrogens (tertiary/aromatic N) is 1. The van der Waals surface area contributed by atoms with Crippen molar-refractivity contribution in [2.75, 3.05) is 5.32 Å². The van der Waals surface area contributed by atoms with Crippen LogP contribution in [-0.4, -0.2) is 15.3 Å². The molecule has 98 valence electrons. The first-order valence-electron chi connectivity index (χ1n) is 5.88. The van der Waals surface area contributed by atoms with Crippen molar-refractivity contribution in [2.45, 2.75) is 17.8 Å². The summed E-state index contributed by atoms with van der Waals surface area (Å²) in [5.41, 5.74) is 2.19. The van der Waals surface area contributed by atoms with E-state index in [0.29, 0.717) is 10.3 Å². The predicted octanol–water partition coefficient (Wildman–Crippen LogP) is 2.85. The van der Waals surface area contributed by atoms with E-state index in [4.69, 9.17) is 11.6 Å². The predicted molar refractivity (Wildman–Crippen MR) is 78.7 cm³/mol. The molecule has 0 radical (unpaired) electrons. The van der Waals surface area contributed by atoms with Crippen LogP contribution in [0.25, 0.3) is 0 Å². The number of alkyl halides is 1. The van der Waals surface area contributed by atoms with Crippen molar-refractivity contribution < 1.29 is 0 Å². The lowest BCUT2D eigenvalue weighted by Gasteiger charge is -2.18. The number of aromatic nitrogens is 2. The number of halogens is 2. The molecule has 1 heterocycles. The number of aromatic amines is 1. The monoisotopic (exact) mass is 339 g/mol. The smallest absolute Gasteiger partial charge is 0.267 e. The van der Waals surface area contributed by atoms with Crippen LogP contribution in [0.4, 0.5) is 5.82 Å². The van der Waals surface area contributed by atoms with E-state index in [1.165, 1.54) is 11.9 Å². The maximum absolute atomic E-state index is 11.5. The molecule has 1 aromatic heterocycles. The molecule has 0 fully saturated rings. The van der Waals surface area contributed by atoms with E-state index in [1.807, 2.05) is 12.1 Å². The van der Waals surface area contributed by atoms with Crippen LogP contribution in [0.5, 0.6) is 0 Å². The number of H-pyrrole nitrogens is 1. The Morgan fingerprint density at radius 2 is 2.21 bits per heavy atom. The van der Waals surface area contributed by atoms with E-state index in [0.717, 1.165) is 12.0 Å². The van der Waals surface area contributed by atoms with E-state index in [-0.39, 0.29) is 17.0 Å². The zero-order valence-corrected chi connectivity index (χ0v) is 12.2. The molecule has 0 saturated heterocycles. The zero-order valence-electron chi connectivity index (χ0n) is 9.86. The molecule has 19 heavy (non-hydrogen) atoms. The Hall–Kier alpha value is -1.33. The van der Waals surface area contributed by atoms with Gasteiger partial charge >= 0.3 is 0 Å². The van der Waals surface area contributed by atoms with Gasteiger partial charge in [-0.15, -0.1) is 11.6 Å². The number of benzene rings is 1. The Bertz CT molecular complexity index is 673. The molecular weight excluding hydrogens is 330 g/mol. The highest BCUT2D eigenvalue weighted by Gasteiger charge is 2.31. The second-order valence-electron chi connectivity index (χ2n) is 4.44. The third-order valence-electron chi connectivity index (χ3n) is 3.26. The molecule has 2 aromatic rings. The summed E-state index contributed by atoms with van der Waals surface area (Å²) in [7, 11) is 0. The number of hydrogen-bond donors (Lipinski definition) is 2. The fraction of sp³-hybridized carbons (Fsp3) is 0.231. The van der Waals surface area contributed by atoms with Gasteiger partial charge in [0.15, 0.2) is 0 Å². The average molecular weight is 341 g/mol. The highest BCUT2D eigenvalue weighted by atomic mass is 79.9. The highest BCUT2D eigenvalue weighted by Crippen LogP contribution is 2.37. The molecule has 1 aromatic carbocycles.